The van der Waals surface area contributed by atoms with Crippen LogP contribution in [0.5, 0.6) is 0 Å². The van der Waals surface area contributed by atoms with Crippen LogP contribution in [0.15, 0.2) is 24.3 Å². The highest BCUT2D eigenvalue weighted by Gasteiger charge is 2.33. The Morgan fingerprint density at radius 3 is 1.87 bits per heavy atom. The van der Waals surface area contributed by atoms with Crippen molar-refractivity contribution in [1.82, 2.24) is 10.6 Å². The third kappa shape index (κ3) is 9.14. The van der Waals surface area contributed by atoms with Crippen molar-refractivity contribution in [2.75, 3.05) is 12.4 Å². The average Bonchev–Trinajstić information content (AvgIpc) is 3.53. The molecule has 0 aromatic heterocycles. The average molecular weight is 528 g/mol. The second kappa shape index (κ2) is 13.8. The summed E-state index contributed by atoms with van der Waals surface area (Å²) in [6.07, 6.45) is 9.52. The Labute approximate surface area is 227 Å². The molecule has 0 heterocycles. The second-order valence-corrected chi connectivity index (χ2v) is 12.0. The van der Waals surface area contributed by atoms with E-state index >= 15 is 0 Å². The van der Waals surface area contributed by atoms with Gasteiger partial charge in [0.25, 0.3) is 0 Å². The predicted molar refractivity (Wildman–Crippen MR) is 147 cm³/mol. The smallest absolute Gasteiger partial charge is 0.305 e. The van der Waals surface area contributed by atoms with Gasteiger partial charge in [0.15, 0.2) is 0 Å². The molecule has 0 saturated heterocycles. The quantitative estimate of drug-likeness (QED) is 0.266. The number of carbonyl (C=O) groups excluding carboxylic acids is 4. The SMILES string of the molecule is COC(=O)CC(C)CC(C)(C)CC(=O)Nc1ccc(C(C(=O)NC2CCCC2)C(=O)NC2CCCC2)cc1. The topological polar surface area (TPSA) is 114 Å². The number of methoxy groups -OCH3 is 1. The lowest BCUT2D eigenvalue weighted by atomic mass is 9.79. The van der Waals surface area contributed by atoms with Crippen molar-refractivity contribution in [2.45, 2.75) is 109 Å². The summed E-state index contributed by atoms with van der Waals surface area (Å²) in [6, 6.07) is 7.26. The number of rotatable bonds is 12. The van der Waals surface area contributed by atoms with Crippen LogP contribution in [-0.4, -0.2) is 42.9 Å². The molecule has 1 atom stereocenters. The van der Waals surface area contributed by atoms with E-state index in [-0.39, 0.29) is 47.1 Å². The molecule has 3 amide bonds. The summed E-state index contributed by atoms with van der Waals surface area (Å²) in [7, 11) is 1.38. The van der Waals surface area contributed by atoms with E-state index in [1.54, 1.807) is 24.3 Å². The number of carbonyl (C=O) groups is 4. The zero-order valence-corrected chi connectivity index (χ0v) is 23.4. The molecule has 3 N–H and O–H groups in total. The van der Waals surface area contributed by atoms with Crippen molar-refractivity contribution in [3.63, 3.8) is 0 Å². The summed E-state index contributed by atoms with van der Waals surface area (Å²) in [6.45, 7) is 6.01. The van der Waals surface area contributed by atoms with Gasteiger partial charge in [0.1, 0.15) is 5.92 Å². The molecule has 2 fully saturated rings. The fourth-order valence-corrected chi connectivity index (χ4v) is 5.99. The van der Waals surface area contributed by atoms with Crippen LogP contribution in [0.25, 0.3) is 0 Å². The number of nitrogens with one attached hydrogen (secondary N) is 3. The minimum atomic E-state index is -0.920. The van der Waals surface area contributed by atoms with E-state index in [0.717, 1.165) is 51.4 Å². The van der Waals surface area contributed by atoms with Gasteiger partial charge in [-0.05, 0) is 61.1 Å². The van der Waals surface area contributed by atoms with Gasteiger partial charge in [-0.25, -0.2) is 0 Å². The molecule has 1 aromatic carbocycles. The van der Waals surface area contributed by atoms with E-state index in [4.69, 9.17) is 4.74 Å². The molecule has 38 heavy (non-hydrogen) atoms. The first kappa shape index (κ1) is 29.7. The van der Waals surface area contributed by atoms with Gasteiger partial charge < -0.3 is 20.7 Å². The summed E-state index contributed by atoms with van der Waals surface area (Å²) in [5.74, 6) is -1.70. The van der Waals surface area contributed by atoms with E-state index < -0.39 is 5.92 Å². The molecule has 0 bridgehead atoms. The highest BCUT2D eigenvalue weighted by atomic mass is 16.5. The number of hydrogen-bond acceptors (Lipinski definition) is 5. The third-order valence-electron chi connectivity index (χ3n) is 7.74. The molecule has 1 aromatic rings. The number of hydrogen-bond donors (Lipinski definition) is 3. The highest BCUT2D eigenvalue weighted by Crippen LogP contribution is 2.31. The molecule has 2 saturated carbocycles. The van der Waals surface area contributed by atoms with Crippen LogP contribution in [0.2, 0.25) is 0 Å². The van der Waals surface area contributed by atoms with Crippen LogP contribution in [0.1, 0.15) is 103 Å². The van der Waals surface area contributed by atoms with Crippen molar-refractivity contribution in [2.24, 2.45) is 11.3 Å². The molecule has 0 radical (unpaired) electrons. The molecule has 210 valence electrons. The van der Waals surface area contributed by atoms with Crippen molar-refractivity contribution in [3.8, 4) is 0 Å². The minimum absolute atomic E-state index is 0.104. The lowest BCUT2D eigenvalue weighted by molar-refractivity contribution is -0.141. The standard InChI is InChI=1S/C30H45N3O5/c1-20(17-26(35)38-4)18-30(2,3)19-25(34)31-24-15-13-21(14-16-24)27(28(36)32-22-9-5-6-10-22)29(37)33-23-11-7-8-12-23/h13-16,20,22-23,27H,5-12,17-19H2,1-4H3,(H,31,34)(H,32,36)(H,33,37). The Hall–Kier alpha value is -2.90. The van der Waals surface area contributed by atoms with Crippen LogP contribution in [-0.2, 0) is 23.9 Å². The molecule has 0 aliphatic heterocycles. The number of esters is 1. The van der Waals surface area contributed by atoms with Crippen molar-refractivity contribution in [1.29, 1.82) is 0 Å². The molecular formula is C30H45N3O5. The minimum Gasteiger partial charge on any atom is -0.469 e. The summed E-state index contributed by atoms with van der Waals surface area (Å²) in [5, 5.41) is 9.11. The Balaban J connectivity index is 1.62. The summed E-state index contributed by atoms with van der Waals surface area (Å²) >= 11 is 0. The zero-order valence-electron chi connectivity index (χ0n) is 23.4. The first-order valence-corrected chi connectivity index (χ1v) is 14.1. The fraction of sp³-hybridized carbons (Fsp3) is 0.667. The van der Waals surface area contributed by atoms with Crippen LogP contribution in [0.3, 0.4) is 0 Å². The van der Waals surface area contributed by atoms with E-state index in [1.807, 2.05) is 20.8 Å². The molecule has 8 heteroatoms. The first-order valence-electron chi connectivity index (χ1n) is 14.1. The highest BCUT2D eigenvalue weighted by molar-refractivity contribution is 6.06. The molecular weight excluding hydrogens is 482 g/mol. The van der Waals surface area contributed by atoms with Crippen molar-refractivity contribution >= 4 is 29.4 Å². The van der Waals surface area contributed by atoms with Crippen LogP contribution < -0.4 is 16.0 Å². The lowest BCUT2D eigenvalue weighted by Gasteiger charge is -2.27. The Kier molecular flexibility index (Phi) is 10.7. The maximum atomic E-state index is 13.2. The Bertz CT molecular complexity index is 933. The summed E-state index contributed by atoms with van der Waals surface area (Å²) < 4.78 is 4.75. The predicted octanol–water partition coefficient (Wildman–Crippen LogP) is 4.83. The van der Waals surface area contributed by atoms with E-state index in [1.165, 1.54) is 7.11 Å². The van der Waals surface area contributed by atoms with Crippen LogP contribution in [0.4, 0.5) is 5.69 Å². The van der Waals surface area contributed by atoms with E-state index in [2.05, 4.69) is 16.0 Å². The Morgan fingerprint density at radius 1 is 0.895 bits per heavy atom. The lowest BCUT2D eigenvalue weighted by Crippen LogP contribution is -2.45. The molecule has 8 nitrogen and oxygen atoms in total. The molecule has 0 spiro atoms. The first-order chi connectivity index (χ1) is 18.1. The number of anilines is 1. The van der Waals surface area contributed by atoms with Gasteiger partial charge in [-0.15, -0.1) is 0 Å². The van der Waals surface area contributed by atoms with Gasteiger partial charge >= 0.3 is 5.97 Å². The van der Waals surface area contributed by atoms with Crippen molar-refractivity contribution < 1.29 is 23.9 Å². The Morgan fingerprint density at radius 2 is 1.39 bits per heavy atom. The van der Waals surface area contributed by atoms with Gasteiger partial charge in [-0.2, -0.15) is 0 Å². The maximum Gasteiger partial charge on any atom is 0.305 e. The molecule has 3 rings (SSSR count). The van der Waals surface area contributed by atoms with Gasteiger partial charge in [0, 0.05) is 30.6 Å². The van der Waals surface area contributed by atoms with Crippen LogP contribution >= 0.6 is 0 Å². The monoisotopic (exact) mass is 527 g/mol. The van der Waals surface area contributed by atoms with E-state index in [0.29, 0.717) is 30.5 Å². The van der Waals surface area contributed by atoms with Gasteiger partial charge in [-0.1, -0.05) is 58.6 Å². The van der Waals surface area contributed by atoms with Gasteiger partial charge in [0.05, 0.1) is 7.11 Å². The van der Waals surface area contributed by atoms with Crippen molar-refractivity contribution in [3.05, 3.63) is 29.8 Å². The van der Waals surface area contributed by atoms with Gasteiger partial charge in [0.2, 0.25) is 17.7 Å². The molecule has 1 unspecified atom stereocenters. The van der Waals surface area contributed by atoms with Gasteiger partial charge in [-0.3, -0.25) is 19.2 Å². The van der Waals surface area contributed by atoms with Crippen LogP contribution in [0, 0.1) is 11.3 Å². The normalized spacial score (nSPS) is 17.3. The summed E-state index contributed by atoms with van der Waals surface area (Å²) in [5.41, 5.74) is 0.938. The molecule has 2 aliphatic carbocycles. The number of benzene rings is 1. The second-order valence-electron chi connectivity index (χ2n) is 12.0. The zero-order chi connectivity index (χ0) is 27.7. The maximum absolute atomic E-state index is 13.2. The number of ether oxygens (including phenoxy) is 1. The third-order valence-corrected chi connectivity index (χ3v) is 7.74. The van der Waals surface area contributed by atoms with E-state index in [9.17, 15) is 19.2 Å². The largest absolute Gasteiger partial charge is 0.469 e. The fourth-order valence-electron chi connectivity index (χ4n) is 5.99. The number of amides is 3. The summed E-state index contributed by atoms with van der Waals surface area (Å²) in [4.78, 5) is 50.8. The molecule has 2 aliphatic rings.